The van der Waals surface area contributed by atoms with Crippen LogP contribution in [-0.2, 0) is 0 Å². The molecule has 0 saturated carbocycles. The molecule has 2 atom stereocenters. The van der Waals surface area contributed by atoms with Crippen molar-refractivity contribution in [3.63, 3.8) is 0 Å². The molecular formula is C12H17IN2O2. The lowest BCUT2D eigenvalue weighted by Crippen LogP contribution is -2.29. The molecule has 2 unspecified atom stereocenters. The number of hydrogen-bond acceptors (Lipinski definition) is 3. The van der Waals surface area contributed by atoms with Gasteiger partial charge in [0, 0.05) is 27.2 Å². The molecule has 0 spiro atoms. The van der Waals surface area contributed by atoms with Gasteiger partial charge >= 0.3 is 0 Å². The first-order valence-electron chi connectivity index (χ1n) is 5.54. The molecule has 0 aliphatic rings. The van der Waals surface area contributed by atoms with Crippen molar-refractivity contribution >= 4 is 28.3 Å². The first-order chi connectivity index (χ1) is 7.84. The summed E-state index contributed by atoms with van der Waals surface area (Å²) >= 11 is 2.08. The molecule has 0 radical (unpaired) electrons. The lowest BCUT2D eigenvalue weighted by molar-refractivity contribution is -0.385. The normalized spacial score (nSPS) is 14.7. The molecule has 0 aliphatic heterocycles. The molecule has 0 fully saturated rings. The van der Waals surface area contributed by atoms with E-state index in [1.807, 2.05) is 32.9 Å². The third-order valence-electron chi connectivity index (χ3n) is 2.83. The smallest absolute Gasteiger partial charge is 0.273 e. The van der Waals surface area contributed by atoms with Crippen molar-refractivity contribution in [2.24, 2.45) is 11.7 Å². The van der Waals surface area contributed by atoms with Gasteiger partial charge in [-0.2, -0.15) is 0 Å². The summed E-state index contributed by atoms with van der Waals surface area (Å²) < 4.78 is 0.866. The van der Waals surface area contributed by atoms with Crippen molar-refractivity contribution in [2.45, 2.75) is 32.7 Å². The fraction of sp³-hybridized carbons (Fsp3) is 0.500. The highest BCUT2D eigenvalue weighted by molar-refractivity contribution is 14.1. The second-order valence-electron chi connectivity index (χ2n) is 4.59. The van der Waals surface area contributed by atoms with Crippen molar-refractivity contribution in [1.82, 2.24) is 0 Å². The van der Waals surface area contributed by atoms with E-state index in [2.05, 4.69) is 22.6 Å². The van der Waals surface area contributed by atoms with Gasteiger partial charge in [-0.15, -0.1) is 0 Å². The van der Waals surface area contributed by atoms with E-state index in [4.69, 9.17) is 5.73 Å². The number of halogens is 1. The standard InChI is InChI=1S/C12H17IN2O2/c1-7(2)12(8(3)14)10-5-4-9(13)6-11(10)15(16)17/h4-8,12H,14H2,1-3H3. The Kier molecular flexibility index (Phi) is 4.88. The number of nitrogens with zero attached hydrogens (tertiary/aromatic N) is 1. The maximum absolute atomic E-state index is 11.1. The summed E-state index contributed by atoms with van der Waals surface area (Å²) in [5.41, 5.74) is 6.86. The molecule has 0 heterocycles. The number of nitro groups is 1. The predicted octanol–water partition coefficient (Wildman–Crippen LogP) is 3.29. The van der Waals surface area contributed by atoms with E-state index >= 15 is 0 Å². The maximum Gasteiger partial charge on any atom is 0.273 e. The van der Waals surface area contributed by atoms with Gasteiger partial charge in [-0.25, -0.2) is 0 Å². The van der Waals surface area contributed by atoms with E-state index < -0.39 is 0 Å². The van der Waals surface area contributed by atoms with Gasteiger partial charge in [0.25, 0.3) is 5.69 Å². The average Bonchev–Trinajstić information content (AvgIpc) is 2.19. The van der Waals surface area contributed by atoms with Crippen molar-refractivity contribution in [3.8, 4) is 0 Å². The van der Waals surface area contributed by atoms with Gasteiger partial charge in [-0.3, -0.25) is 10.1 Å². The minimum Gasteiger partial charge on any atom is -0.327 e. The Balaban J connectivity index is 3.32. The predicted molar refractivity (Wildman–Crippen MR) is 77.0 cm³/mol. The largest absolute Gasteiger partial charge is 0.327 e. The van der Waals surface area contributed by atoms with E-state index in [1.165, 1.54) is 0 Å². The zero-order valence-electron chi connectivity index (χ0n) is 10.2. The van der Waals surface area contributed by atoms with Gasteiger partial charge in [0.05, 0.1) is 4.92 Å². The Morgan fingerprint density at radius 3 is 2.35 bits per heavy atom. The van der Waals surface area contributed by atoms with Crippen LogP contribution in [0, 0.1) is 19.6 Å². The lowest BCUT2D eigenvalue weighted by atomic mass is 9.83. The first kappa shape index (κ1) is 14.4. The van der Waals surface area contributed by atoms with E-state index in [0.717, 1.165) is 9.13 Å². The topological polar surface area (TPSA) is 69.2 Å². The van der Waals surface area contributed by atoms with Crippen LogP contribution in [0.5, 0.6) is 0 Å². The maximum atomic E-state index is 11.1. The second kappa shape index (κ2) is 5.77. The monoisotopic (exact) mass is 348 g/mol. The highest BCUT2D eigenvalue weighted by atomic mass is 127. The summed E-state index contributed by atoms with van der Waals surface area (Å²) in [7, 11) is 0. The van der Waals surface area contributed by atoms with Crippen LogP contribution in [0.1, 0.15) is 32.3 Å². The van der Waals surface area contributed by atoms with Crippen molar-refractivity contribution < 1.29 is 4.92 Å². The van der Waals surface area contributed by atoms with Crippen LogP contribution in [-0.4, -0.2) is 11.0 Å². The van der Waals surface area contributed by atoms with E-state index in [-0.39, 0.29) is 28.5 Å². The van der Waals surface area contributed by atoms with Crippen LogP contribution < -0.4 is 5.73 Å². The van der Waals surface area contributed by atoms with Crippen LogP contribution in [0.2, 0.25) is 0 Å². The molecule has 4 nitrogen and oxygen atoms in total. The fourth-order valence-corrected chi connectivity index (χ4v) is 2.68. The Morgan fingerprint density at radius 1 is 1.35 bits per heavy atom. The molecule has 0 bridgehead atoms. The lowest BCUT2D eigenvalue weighted by Gasteiger charge is -2.24. The van der Waals surface area contributed by atoms with Gasteiger partial charge in [0.15, 0.2) is 0 Å². The summed E-state index contributed by atoms with van der Waals surface area (Å²) in [6.07, 6.45) is 0. The molecule has 0 amide bonds. The Hall–Kier alpha value is -0.690. The molecule has 1 aromatic carbocycles. The zero-order chi connectivity index (χ0) is 13.2. The summed E-state index contributed by atoms with van der Waals surface area (Å²) in [6, 6.07) is 5.22. The summed E-state index contributed by atoms with van der Waals surface area (Å²) in [5.74, 6) is 0.279. The molecule has 0 aromatic heterocycles. The first-order valence-corrected chi connectivity index (χ1v) is 6.62. The Morgan fingerprint density at radius 2 is 1.94 bits per heavy atom. The number of hydrogen-bond donors (Lipinski definition) is 1. The number of rotatable bonds is 4. The van der Waals surface area contributed by atoms with E-state index in [1.54, 1.807) is 6.07 Å². The molecule has 0 aliphatic carbocycles. The minimum absolute atomic E-state index is 0.00685. The molecule has 1 rings (SSSR count). The molecular weight excluding hydrogens is 331 g/mol. The molecule has 1 aromatic rings. The Labute approximate surface area is 115 Å². The quantitative estimate of drug-likeness (QED) is 0.516. The highest BCUT2D eigenvalue weighted by Gasteiger charge is 2.27. The SMILES string of the molecule is CC(C)C(c1ccc(I)cc1[N+](=O)[O-])C(C)N. The van der Waals surface area contributed by atoms with Crippen molar-refractivity contribution in [1.29, 1.82) is 0 Å². The molecule has 5 heteroatoms. The van der Waals surface area contributed by atoms with Crippen molar-refractivity contribution in [3.05, 3.63) is 37.4 Å². The van der Waals surface area contributed by atoms with E-state index in [9.17, 15) is 10.1 Å². The molecule has 2 N–H and O–H groups in total. The number of nitrogens with two attached hydrogens (primary N) is 1. The van der Waals surface area contributed by atoms with Crippen LogP contribution in [0.25, 0.3) is 0 Å². The summed E-state index contributed by atoms with van der Waals surface area (Å²) in [6.45, 7) is 5.97. The van der Waals surface area contributed by atoms with Crippen LogP contribution in [0.3, 0.4) is 0 Å². The number of benzene rings is 1. The zero-order valence-corrected chi connectivity index (χ0v) is 12.3. The van der Waals surface area contributed by atoms with Gasteiger partial charge in [-0.1, -0.05) is 19.9 Å². The number of nitro benzene ring substituents is 1. The molecule has 0 saturated heterocycles. The van der Waals surface area contributed by atoms with Crippen LogP contribution in [0.15, 0.2) is 18.2 Å². The Bertz CT molecular complexity index is 411. The summed E-state index contributed by atoms with van der Waals surface area (Å²) in [4.78, 5) is 10.8. The third kappa shape index (κ3) is 3.38. The fourth-order valence-electron chi connectivity index (χ4n) is 2.21. The molecule has 94 valence electrons. The van der Waals surface area contributed by atoms with Gasteiger partial charge in [0.1, 0.15) is 0 Å². The average molecular weight is 348 g/mol. The van der Waals surface area contributed by atoms with Crippen LogP contribution >= 0.6 is 22.6 Å². The van der Waals surface area contributed by atoms with Crippen LogP contribution in [0.4, 0.5) is 5.69 Å². The summed E-state index contributed by atoms with van der Waals surface area (Å²) in [5, 5.41) is 11.1. The minimum atomic E-state index is -0.324. The van der Waals surface area contributed by atoms with E-state index in [0.29, 0.717) is 0 Å². The van der Waals surface area contributed by atoms with Crippen molar-refractivity contribution in [2.75, 3.05) is 0 Å². The third-order valence-corrected chi connectivity index (χ3v) is 3.50. The molecule has 17 heavy (non-hydrogen) atoms. The second-order valence-corrected chi connectivity index (χ2v) is 5.83. The van der Waals surface area contributed by atoms with Gasteiger partial charge in [-0.05, 0) is 41.5 Å². The van der Waals surface area contributed by atoms with Gasteiger partial charge in [0.2, 0.25) is 0 Å². The van der Waals surface area contributed by atoms with Gasteiger partial charge < -0.3 is 5.73 Å². The highest BCUT2D eigenvalue weighted by Crippen LogP contribution is 2.34.